The third-order valence-corrected chi connectivity index (χ3v) is 7.12. The summed E-state index contributed by atoms with van der Waals surface area (Å²) in [6.07, 6.45) is 1.87. The van der Waals surface area contributed by atoms with Gasteiger partial charge in [-0.15, -0.1) is 11.3 Å². The zero-order valence-corrected chi connectivity index (χ0v) is 16.3. The van der Waals surface area contributed by atoms with Crippen molar-refractivity contribution in [1.82, 2.24) is 9.29 Å². The Balaban J connectivity index is 1.45. The summed E-state index contributed by atoms with van der Waals surface area (Å²) in [6.45, 7) is 1.22. The van der Waals surface area contributed by atoms with Crippen LogP contribution in [0, 0.1) is 0 Å². The Kier molecular flexibility index (Phi) is 5.11. The Hall–Kier alpha value is -2.42. The molecular weight excluding hydrogens is 380 g/mol. The first-order valence-electron chi connectivity index (χ1n) is 8.76. The van der Waals surface area contributed by atoms with Crippen LogP contribution in [0.1, 0.15) is 12.8 Å². The van der Waals surface area contributed by atoms with Gasteiger partial charge < -0.3 is 0 Å². The lowest BCUT2D eigenvalue weighted by atomic mass is 10.2. The lowest BCUT2D eigenvalue weighted by Crippen LogP contribution is -2.27. The van der Waals surface area contributed by atoms with Crippen LogP contribution >= 0.6 is 11.3 Å². The maximum atomic E-state index is 12.6. The van der Waals surface area contributed by atoms with E-state index in [9.17, 15) is 8.42 Å². The number of nitrogens with one attached hydrogen (secondary N) is 2. The maximum Gasteiger partial charge on any atom is 0.243 e. The standard InChI is InChI=1S/C19H20N4O2S2/c24-27(25,23-12-4-5-13-23)17-10-8-15(9-11-17)18-14-26-19(20-18)22-21-16-6-2-1-3-7-16/h1-3,6-11,14,21H,4-5,12-13H2,(H,20,22). The van der Waals surface area contributed by atoms with E-state index < -0.39 is 10.0 Å². The molecule has 1 aromatic heterocycles. The fraction of sp³-hybridized carbons (Fsp3) is 0.211. The minimum atomic E-state index is -3.38. The molecule has 0 unspecified atom stereocenters. The number of aromatic nitrogens is 1. The summed E-state index contributed by atoms with van der Waals surface area (Å²) in [5.74, 6) is 0. The molecule has 1 aliphatic rings. The molecule has 0 atom stereocenters. The lowest BCUT2D eigenvalue weighted by molar-refractivity contribution is 0.477. The zero-order chi connectivity index (χ0) is 18.7. The van der Waals surface area contributed by atoms with Crippen molar-refractivity contribution in [2.24, 2.45) is 0 Å². The molecule has 3 aromatic rings. The minimum absolute atomic E-state index is 0.340. The van der Waals surface area contributed by atoms with E-state index in [1.165, 1.54) is 11.3 Å². The summed E-state index contributed by atoms with van der Waals surface area (Å²) in [5.41, 5.74) is 8.82. The average Bonchev–Trinajstić information content (AvgIpc) is 3.40. The van der Waals surface area contributed by atoms with Crippen LogP contribution in [0.4, 0.5) is 10.8 Å². The van der Waals surface area contributed by atoms with Gasteiger partial charge in [0.2, 0.25) is 15.2 Å². The topological polar surface area (TPSA) is 74.3 Å². The van der Waals surface area contributed by atoms with Gasteiger partial charge in [0, 0.05) is 24.0 Å². The maximum absolute atomic E-state index is 12.6. The number of sulfonamides is 1. The third-order valence-electron chi connectivity index (χ3n) is 4.44. The molecule has 0 bridgehead atoms. The van der Waals surface area contributed by atoms with Crippen molar-refractivity contribution in [3.05, 3.63) is 60.0 Å². The molecule has 6 nitrogen and oxygen atoms in total. The van der Waals surface area contributed by atoms with Crippen LogP contribution in [0.25, 0.3) is 11.3 Å². The Morgan fingerprint density at radius 1 is 0.926 bits per heavy atom. The highest BCUT2D eigenvalue weighted by molar-refractivity contribution is 7.89. The molecule has 1 fully saturated rings. The van der Waals surface area contributed by atoms with E-state index >= 15 is 0 Å². The number of hydrogen-bond donors (Lipinski definition) is 2. The van der Waals surface area contributed by atoms with Crippen LogP contribution in [0.15, 0.2) is 64.9 Å². The predicted molar refractivity (Wildman–Crippen MR) is 109 cm³/mol. The van der Waals surface area contributed by atoms with Gasteiger partial charge in [0.05, 0.1) is 16.3 Å². The monoisotopic (exact) mass is 400 g/mol. The van der Waals surface area contributed by atoms with Crippen LogP contribution in [-0.4, -0.2) is 30.8 Å². The van der Waals surface area contributed by atoms with Crippen molar-refractivity contribution < 1.29 is 8.42 Å². The molecule has 0 aliphatic carbocycles. The average molecular weight is 401 g/mol. The quantitative estimate of drug-likeness (QED) is 0.611. The normalized spacial score (nSPS) is 15.0. The fourth-order valence-corrected chi connectivity index (χ4v) is 5.18. The molecular formula is C19H20N4O2S2. The van der Waals surface area contributed by atoms with Gasteiger partial charge in [-0.1, -0.05) is 30.3 Å². The third kappa shape index (κ3) is 3.97. The molecule has 4 rings (SSSR count). The minimum Gasteiger partial charge on any atom is -0.299 e. The van der Waals surface area contributed by atoms with Crippen LogP contribution in [-0.2, 0) is 10.0 Å². The van der Waals surface area contributed by atoms with E-state index in [1.807, 2.05) is 47.8 Å². The SMILES string of the molecule is O=S(=O)(c1ccc(-c2csc(NNc3ccccc3)n2)cc1)N1CCCC1. The second kappa shape index (κ2) is 7.67. The molecule has 140 valence electrons. The first kappa shape index (κ1) is 18.0. The molecule has 8 heteroatoms. The molecule has 2 aromatic carbocycles. The Morgan fingerprint density at radius 2 is 1.63 bits per heavy atom. The second-order valence-electron chi connectivity index (χ2n) is 6.29. The molecule has 2 N–H and O–H groups in total. The largest absolute Gasteiger partial charge is 0.299 e. The van der Waals surface area contributed by atoms with Crippen molar-refractivity contribution in [3.63, 3.8) is 0 Å². The zero-order valence-electron chi connectivity index (χ0n) is 14.6. The number of thiazole rings is 1. The molecule has 0 amide bonds. The van der Waals surface area contributed by atoms with Crippen molar-refractivity contribution in [1.29, 1.82) is 0 Å². The van der Waals surface area contributed by atoms with Crippen LogP contribution < -0.4 is 10.9 Å². The van der Waals surface area contributed by atoms with Crippen molar-refractivity contribution in [3.8, 4) is 11.3 Å². The van der Waals surface area contributed by atoms with Gasteiger partial charge in [0.15, 0.2) is 0 Å². The fourth-order valence-electron chi connectivity index (χ4n) is 2.99. The molecule has 0 spiro atoms. The van der Waals surface area contributed by atoms with Gasteiger partial charge in [0.1, 0.15) is 0 Å². The highest BCUT2D eigenvalue weighted by Gasteiger charge is 2.26. The number of hydrogen-bond acceptors (Lipinski definition) is 6. The van der Waals surface area contributed by atoms with Gasteiger partial charge in [-0.3, -0.25) is 10.9 Å². The summed E-state index contributed by atoms with van der Waals surface area (Å²) in [4.78, 5) is 4.89. The van der Waals surface area contributed by atoms with Crippen molar-refractivity contribution in [2.45, 2.75) is 17.7 Å². The van der Waals surface area contributed by atoms with Crippen LogP contribution in [0.5, 0.6) is 0 Å². The lowest BCUT2D eigenvalue weighted by Gasteiger charge is -2.15. The van der Waals surface area contributed by atoms with Gasteiger partial charge in [0.25, 0.3) is 0 Å². The first-order valence-corrected chi connectivity index (χ1v) is 11.1. The van der Waals surface area contributed by atoms with Crippen molar-refractivity contribution >= 4 is 32.2 Å². The van der Waals surface area contributed by atoms with Gasteiger partial charge in [-0.05, 0) is 37.1 Å². The van der Waals surface area contributed by atoms with E-state index in [2.05, 4.69) is 15.8 Å². The van der Waals surface area contributed by atoms with E-state index in [0.29, 0.717) is 18.0 Å². The number of anilines is 2. The van der Waals surface area contributed by atoms with Crippen molar-refractivity contribution in [2.75, 3.05) is 23.9 Å². The summed E-state index contributed by atoms with van der Waals surface area (Å²) in [6, 6.07) is 16.7. The number of rotatable bonds is 6. The molecule has 27 heavy (non-hydrogen) atoms. The van der Waals surface area contributed by atoms with Gasteiger partial charge >= 0.3 is 0 Å². The number of nitrogens with zero attached hydrogens (tertiary/aromatic N) is 2. The summed E-state index contributed by atoms with van der Waals surface area (Å²) < 4.78 is 26.8. The highest BCUT2D eigenvalue weighted by Crippen LogP contribution is 2.27. The number of benzene rings is 2. The second-order valence-corrected chi connectivity index (χ2v) is 9.09. The summed E-state index contributed by atoms with van der Waals surface area (Å²) in [5, 5.41) is 2.68. The van der Waals surface area contributed by atoms with E-state index in [1.54, 1.807) is 16.4 Å². The molecule has 0 radical (unpaired) electrons. The molecule has 0 saturated carbocycles. The molecule has 2 heterocycles. The number of hydrazine groups is 1. The summed E-state index contributed by atoms with van der Waals surface area (Å²) >= 11 is 1.48. The Bertz CT molecular complexity index is 996. The highest BCUT2D eigenvalue weighted by atomic mass is 32.2. The summed E-state index contributed by atoms with van der Waals surface area (Å²) in [7, 11) is -3.38. The Labute approximate surface area is 162 Å². The predicted octanol–water partition coefficient (Wildman–Crippen LogP) is 4.03. The molecule has 1 saturated heterocycles. The van der Waals surface area contributed by atoms with E-state index in [0.717, 1.165) is 34.9 Å². The van der Waals surface area contributed by atoms with Gasteiger partial charge in [-0.25, -0.2) is 13.4 Å². The Morgan fingerprint density at radius 3 is 2.33 bits per heavy atom. The molecule has 1 aliphatic heterocycles. The van der Waals surface area contributed by atoms with Crippen LogP contribution in [0.2, 0.25) is 0 Å². The van der Waals surface area contributed by atoms with E-state index in [4.69, 9.17) is 0 Å². The first-order chi connectivity index (χ1) is 13.1. The van der Waals surface area contributed by atoms with E-state index in [-0.39, 0.29) is 0 Å². The van der Waals surface area contributed by atoms with Gasteiger partial charge in [-0.2, -0.15) is 4.31 Å². The smallest absolute Gasteiger partial charge is 0.243 e. The number of para-hydroxylation sites is 1. The van der Waals surface area contributed by atoms with Crippen LogP contribution in [0.3, 0.4) is 0 Å².